The van der Waals surface area contributed by atoms with E-state index in [-0.39, 0.29) is 13.0 Å². The minimum Gasteiger partial charge on any atom is -0.498 e. The van der Waals surface area contributed by atoms with Gasteiger partial charge in [0.15, 0.2) is 6.10 Å². The lowest BCUT2D eigenvalue weighted by Gasteiger charge is -2.41. The molecule has 0 aliphatic heterocycles. The van der Waals surface area contributed by atoms with Gasteiger partial charge in [0.25, 0.3) is 0 Å². The Morgan fingerprint density at radius 1 is 0.533 bits per heavy atom. The van der Waals surface area contributed by atoms with E-state index >= 15 is 0 Å². The highest BCUT2D eigenvalue weighted by atomic mass is 31.2. The number of phosphoric ester groups is 1. The number of rotatable bonds is 38. The molecule has 1 rings (SSSR count). The van der Waals surface area contributed by atoms with Crippen molar-refractivity contribution in [2.75, 3.05) is 13.2 Å². The second kappa shape index (κ2) is 37.4. The molecule has 0 bridgehead atoms. The summed E-state index contributed by atoms with van der Waals surface area (Å²) in [5.74, 6) is -0.530. The Labute approximate surface area is 362 Å². The average Bonchev–Trinajstić information content (AvgIpc) is 3.23. The maximum absolute atomic E-state index is 12.8. The van der Waals surface area contributed by atoms with Gasteiger partial charge >= 0.3 is 13.8 Å². The molecular formula is C47H83O12P. The van der Waals surface area contributed by atoms with Gasteiger partial charge in [-0.3, -0.25) is 13.8 Å². The standard InChI is InChI=1S/C47H83O12P/c1-3-5-7-9-11-13-15-17-19-20-21-22-23-24-26-28-30-32-34-36-41(48)58-40(38-56-37-35-33-31-29-27-25-18-16-14-12-10-8-6-4-2)39-57-60(54,55)59-47-45(52)43(50)42(49)44(51)46(47)53/h11,13,17,19,21-22,24,26,35,37,40,42-47,49-53H,3-10,12,14-16,18,20,23,25,27-34,36,38-39H2,1-2H3,(H,54,55)/b13-11-,19-17-,22-21-,26-24-,37-35-/t40-,42?,43-,44?,45?,46?,47?/m1/s1. The quantitative estimate of drug-likeness (QED) is 0.0113. The third-order valence-electron chi connectivity index (χ3n) is 10.5. The zero-order valence-electron chi connectivity index (χ0n) is 37.0. The molecule has 0 aromatic rings. The molecule has 12 nitrogen and oxygen atoms in total. The van der Waals surface area contributed by atoms with Crippen molar-refractivity contribution in [3.63, 3.8) is 0 Å². The fraction of sp³-hybridized carbons (Fsp3) is 0.766. The van der Waals surface area contributed by atoms with Crippen LogP contribution in [0.1, 0.15) is 174 Å². The lowest BCUT2D eigenvalue weighted by atomic mass is 9.85. The molecule has 0 heterocycles. The van der Waals surface area contributed by atoms with Crippen LogP contribution in [0.25, 0.3) is 0 Å². The Morgan fingerprint density at radius 2 is 0.933 bits per heavy atom. The summed E-state index contributed by atoms with van der Waals surface area (Å²) >= 11 is 0. The van der Waals surface area contributed by atoms with Crippen molar-refractivity contribution in [1.82, 2.24) is 0 Å². The monoisotopic (exact) mass is 871 g/mol. The molecule has 1 aliphatic rings. The summed E-state index contributed by atoms with van der Waals surface area (Å²) < 4.78 is 33.9. The van der Waals surface area contributed by atoms with Gasteiger partial charge in [0.05, 0.1) is 12.9 Å². The largest absolute Gasteiger partial charge is 0.498 e. The lowest BCUT2D eigenvalue weighted by molar-refractivity contribution is -0.220. The zero-order valence-corrected chi connectivity index (χ0v) is 37.9. The first-order valence-corrected chi connectivity index (χ1v) is 24.7. The third kappa shape index (κ3) is 29.2. The van der Waals surface area contributed by atoms with Crippen molar-refractivity contribution in [1.29, 1.82) is 0 Å². The first kappa shape index (κ1) is 55.9. The van der Waals surface area contributed by atoms with Crippen LogP contribution < -0.4 is 0 Å². The Bertz CT molecular complexity index is 1220. The van der Waals surface area contributed by atoms with Gasteiger partial charge in [-0.15, -0.1) is 0 Å². The number of aliphatic hydroxyl groups is 5. The minimum atomic E-state index is -5.04. The van der Waals surface area contributed by atoms with Gasteiger partial charge in [-0.2, -0.15) is 0 Å². The van der Waals surface area contributed by atoms with E-state index in [2.05, 4.69) is 62.5 Å². The van der Waals surface area contributed by atoms with E-state index in [0.29, 0.717) is 6.42 Å². The highest BCUT2D eigenvalue weighted by molar-refractivity contribution is 7.47. The maximum Gasteiger partial charge on any atom is 0.472 e. The lowest BCUT2D eigenvalue weighted by Crippen LogP contribution is -2.64. The summed E-state index contributed by atoms with van der Waals surface area (Å²) in [7, 11) is -5.04. The Hall–Kier alpha value is -2.12. The fourth-order valence-corrected chi connectivity index (χ4v) is 7.69. The molecule has 8 atom stereocenters. The van der Waals surface area contributed by atoms with Gasteiger partial charge in [0.2, 0.25) is 0 Å². The number of ether oxygens (including phenoxy) is 2. The molecule has 0 radical (unpaired) electrons. The fourth-order valence-electron chi connectivity index (χ4n) is 6.72. The SMILES string of the molecule is CCCCC/C=C\C/C=C\C/C=C\C/C=C\CCCCCC(=O)O[C@H](CO/C=C\CCCCCCCCCCCCCC)COP(=O)(O)OC1C(O)C(O)C(O)[C@@H](O)C1O. The van der Waals surface area contributed by atoms with Crippen molar-refractivity contribution < 1.29 is 58.3 Å². The van der Waals surface area contributed by atoms with Crippen LogP contribution in [-0.2, 0) is 27.9 Å². The molecule has 0 saturated heterocycles. The van der Waals surface area contributed by atoms with E-state index in [0.717, 1.165) is 57.8 Å². The number of carbonyl (C=O) groups is 1. The molecule has 0 aromatic heterocycles. The number of hydrogen-bond donors (Lipinski definition) is 6. The van der Waals surface area contributed by atoms with E-state index in [9.17, 15) is 39.8 Å². The molecule has 1 fully saturated rings. The van der Waals surface area contributed by atoms with Crippen LogP contribution in [0.2, 0.25) is 0 Å². The summed E-state index contributed by atoms with van der Waals surface area (Å²) in [6.07, 6.45) is 35.1. The van der Waals surface area contributed by atoms with Gasteiger partial charge in [-0.05, 0) is 70.3 Å². The Kier molecular flexibility index (Phi) is 34.9. The Morgan fingerprint density at radius 3 is 1.45 bits per heavy atom. The maximum atomic E-state index is 12.8. The highest BCUT2D eigenvalue weighted by Gasteiger charge is 2.51. The summed E-state index contributed by atoms with van der Waals surface area (Å²) in [5, 5.41) is 50.1. The average molecular weight is 871 g/mol. The van der Waals surface area contributed by atoms with E-state index < -0.39 is 63.1 Å². The van der Waals surface area contributed by atoms with E-state index in [1.165, 1.54) is 96.2 Å². The van der Waals surface area contributed by atoms with Crippen LogP contribution in [-0.4, -0.2) is 92.3 Å². The second-order valence-electron chi connectivity index (χ2n) is 16.0. The van der Waals surface area contributed by atoms with Gasteiger partial charge in [-0.1, -0.05) is 152 Å². The van der Waals surface area contributed by atoms with Crippen LogP contribution in [0.5, 0.6) is 0 Å². The predicted octanol–water partition coefficient (Wildman–Crippen LogP) is 9.77. The van der Waals surface area contributed by atoms with Gasteiger partial charge in [0, 0.05) is 6.42 Å². The first-order chi connectivity index (χ1) is 29.0. The number of unbranched alkanes of at least 4 members (excludes halogenated alkanes) is 18. The number of aliphatic hydroxyl groups excluding tert-OH is 5. The molecule has 1 saturated carbocycles. The number of carbonyl (C=O) groups excluding carboxylic acids is 1. The molecule has 13 heteroatoms. The van der Waals surface area contributed by atoms with Crippen LogP contribution >= 0.6 is 7.82 Å². The van der Waals surface area contributed by atoms with E-state index in [1.54, 1.807) is 0 Å². The minimum absolute atomic E-state index is 0.131. The molecule has 0 spiro atoms. The summed E-state index contributed by atoms with van der Waals surface area (Å²) in [6, 6.07) is 0. The molecule has 6 unspecified atom stereocenters. The summed E-state index contributed by atoms with van der Waals surface area (Å²) in [5.41, 5.74) is 0. The number of phosphoric acid groups is 1. The molecule has 60 heavy (non-hydrogen) atoms. The summed E-state index contributed by atoms with van der Waals surface area (Å²) in [6.45, 7) is 3.66. The first-order valence-electron chi connectivity index (χ1n) is 23.2. The summed E-state index contributed by atoms with van der Waals surface area (Å²) in [4.78, 5) is 23.1. The van der Waals surface area contributed by atoms with Gasteiger partial charge in [-0.25, -0.2) is 4.57 Å². The second-order valence-corrected chi connectivity index (χ2v) is 17.4. The highest BCUT2D eigenvalue weighted by Crippen LogP contribution is 2.47. The van der Waals surface area contributed by atoms with Crippen molar-refractivity contribution >= 4 is 13.8 Å². The molecular weight excluding hydrogens is 787 g/mol. The van der Waals surface area contributed by atoms with Crippen LogP contribution in [0.3, 0.4) is 0 Å². The van der Waals surface area contributed by atoms with Crippen LogP contribution in [0.4, 0.5) is 0 Å². The van der Waals surface area contributed by atoms with Crippen molar-refractivity contribution in [2.45, 2.75) is 217 Å². The van der Waals surface area contributed by atoms with Crippen molar-refractivity contribution in [3.8, 4) is 0 Å². The molecule has 0 aromatic carbocycles. The molecule has 0 amide bonds. The molecule has 1 aliphatic carbocycles. The Balaban J connectivity index is 2.46. The van der Waals surface area contributed by atoms with Crippen LogP contribution in [0.15, 0.2) is 60.9 Å². The zero-order chi connectivity index (χ0) is 44.1. The van der Waals surface area contributed by atoms with E-state index in [4.69, 9.17) is 18.5 Å². The van der Waals surface area contributed by atoms with Crippen molar-refractivity contribution in [2.24, 2.45) is 0 Å². The molecule has 348 valence electrons. The normalized spacial score (nSPS) is 22.8. The smallest absolute Gasteiger partial charge is 0.472 e. The third-order valence-corrected chi connectivity index (χ3v) is 11.4. The van der Waals surface area contributed by atoms with Crippen LogP contribution in [0, 0.1) is 0 Å². The number of hydrogen-bond acceptors (Lipinski definition) is 11. The van der Waals surface area contributed by atoms with Gasteiger partial charge in [0.1, 0.15) is 43.2 Å². The molecule has 6 N–H and O–H groups in total. The van der Waals surface area contributed by atoms with E-state index in [1.807, 2.05) is 6.08 Å². The number of allylic oxidation sites excluding steroid dienone is 9. The topological polar surface area (TPSA) is 192 Å². The van der Waals surface area contributed by atoms with Crippen molar-refractivity contribution in [3.05, 3.63) is 60.9 Å². The number of esters is 1. The van der Waals surface area contributed by atoms with Gasteiger partial charge < -0.3 is 39.9 Å². The predicted molar refractivity (Wildman–Crippen MR) is 239 cm³/mol.